The van der Waals surface area contributed by atoms with Crippen molar-refractivity contribution in [3.8, 4) is 0 Å². The molecule has 0 nitrogen and oxygen atoms in total. The van der Waals surface area contributed by atoms with Crippen LogP contribution < -0.4 is 0 Å². The molecule has 0 bridgehead atoms. The molecule has 0 atom stereocenters. The van der Waals surface area contributed by atoms with Crippen molar-refractivity contribution >= 4 is 7.26 Å². The first kappa shape index (κ1) is 13.4. The maximum Gasteiger partial charge on any atom is 0.0703 e. The molecule has 1 heteroatoms. The Morgan fingerprint density at radius 2 is 0.889 bits per heavy atom. The van der Waals surface area contributed by atoms with Crippen LogP contribution in [0.25, 0.3) is 0 Å². The van der Waals surface area contributed by atoms with Crippen LogP contribution in [0.3, 0.4) is 0 Å². The monoisotopic (exact) mass is 267 g/mol. The second-order valence-corrected chi connectivity index (χ2v) is 11.9. The molecule has 0 spiro atoms. The predicted molar refractivity (Wildman–Crippen MR) is 84.2 cm³/mol. The molecule has 0 radical (unpaired) electrons. The Balaban J connectivity index is 1.87. The third kappa shape index (κ3) is 2.17. The van der Waals surface area contributed by atoms with E-state index in [1.807, 2.05) is 0 Å². The lowest BCUT2D eigenvalue weighted by molar-refractivity contribution is 0.748. The summed E-state index contributed by atoms with van der Waals surface area (Å²) in [6, 6.07) is 0. The van der Waals surface area contributed by atoms with Gasteiger partial charge in [0.05, 0.1) is 23.1 Å². The fourth-order valence-corrected chi connectivity index (χ4v) is 13.1. The summed E-state index contributed by atoms with van der Waals surface area (Å²) in [4.78, 5) is 0. The van der Waals surface area contributed by atoms with Crippen molar-refractivity contribution in [3.05, 3.63) is 0 Å². The Morgan fingerprint density at radius 1 is 0.611 bits per heavy atom. The standard InChI is InChI=1S/C17H32P/c1-2-18(15-9-3-4-10-15,16-11-5-6-12-16)17-13-7-8-14-17/h15-17H,2-14H2,1H3/q+1. The average Bonchev–Trinajstić information content (AvgIpc) is 3.16. The lowest BCUT2D eigenvalue weighted by atomic mass is 10.3. The minimum Gasteiger partial charge on any atom is -0.0494 e. The molecular formula is C17H32P+. The number of hydrogen-bond donors (Lipinski definition) is 0. The zero-order valence-corrected chi connectivity index (χ0v) is 13.3. The van der Waals surface area contributed by atoms with Crippen LogP contribution >= 0.6 is 7.26 Å². The van der Waals surface area contributed by atoms with Crippen LogP contribution in [0.1, 0.15) is 84.0 Å². The molecule has 0 aromatic carbocycles. The van der Waals surface area contributed by atoms with Crippen LogP contribution in [0, 0.1) is 0 Å². The van der Waals surface area contributed by atoms with E-state index in [4.69, 9.17) is 0 Å². The van der Waals surface area contributed by atoms with Crippen molar-refractivity contribution in [3.63, 3.8) is 0 Å². The highest BCUT2D eigenvalue weighted by Gasteiger charge is 2.57. The lowest BCUT2D eigenvalue weighted by Gasteiger charge is -2.42. The lowest BCUT2D eigenvalue weighted by Crippen LogP contribution is -2.30. The molecule has 0 unspecified atom stereocenters. The molecule has 0 heterocycles. The second kappa shape index (κ2) is 5.82. The van der Waals surface area contributed by atoms with Crippen LogP contribution in [-0.4, -0.2) is 23.1 Å². The summed E-state index contributed by atoms with van der Waals surface area (Å²) in [6.07, 6.45) is 20.7. The molecule has 0 saturated heterocycles. The molecule has 3 aliphatic rings. The van der Waals surface area contributed by atoms with E-state index < -0.39 is 7.26 Å². The van der Waals surface area contributed by atoms with Gasteiger partial charge < -0.3 is 0 Å². The summed E-state index contributed by atoms with van der Waals surface area (Å²) < 4.78 is 0. The Morgan fingerprint density at radius 3 is 1.11 bits per heavy atom. The minimum atomic E-state index is -0.620. The first-order valence-electron chi connectivity index (χ1n) is 8.75. The van der Waals surface area contributed by atoms with E-state index in [2.05, 4.69) is 6.92 Å². The van der Waals surface area contributed by atoms with E-state index in [-0.39, 0.29) is 0 Å². The van der Waals surface area contributed by atoms with Crippen molar-refractivity contribution in [2.45, 2.75) is 101 Å². The molecule has 0 aliphatic heterocycles. The van der Waals surface area contributed by atoms with Crippen LogP contribution in [-0.2, 0) is 0 Å². The van der Waals surface area contributed by atoms with Crippen molar-refractivity contribution in [1.29, 1.82) is 0 Å². The van der Waals surface area contributed by atoms with Gasteiger partial charge in [0, 0.05) is 7.26 Å². The molecule has 0 aromatic heterocycles. The van der Waals surface area contributed by atoms with Gasteiger partial charge in [-0.3, -0.25) is 0 Å². The van der Waals surface area contributed by atoms with Crippen molar-refractivity contribution in [1.82, 2.24) is 0 Å². The van der Waals surface area contributed by atoms with E-state index in [1.165, 1.54) is 17.0 Å². The van der Waals surface area contributed by atoms with E-state index in [9.17, 15) is 0 Å². The molecule has 3 saturated carbocycles. The number of rotatable bonds is 4. The summed E-state index contributed by atoms with van der Waals surface area (Å²) >= 11 is 0. The number of hydrogen-bond acceptors (Lipinski definition) is 0. The zero-order chi connectivity index (χ0) is 12.4. The second-order valence-electron chi connectivity index (χ2n) is 7.13. The van der Waals surface area contributed by atoms with E-state index in [0.717, 1.165) is 0 Å². The fourth-order valence-electron chi connectivity index (χ4n) is 5.82. The third-order valence-corrected chi connectivity index (χ3v) is 13.3. The largest absolute Gasteiger partial charge is 0.0703 e. The van der Waals surface area contributed by atoms with Gasteiger partial charge in [-0.25, -0.2) is 0 Å². The highest BCUT2D eigenvalue weighted by molar-refractivity contribution is 7.77. The first-order valence-corrected chi connectivity index (χ1v) is 10.9. The highest BCUT2D eigenvalue weighted by Crippen LogP contribution is 2.78. The molecular weight excluding hydrogens is 235 g/mol. The van der Waals surface area contributed by atoms with Gasteiger partial charge >= 0.3 is 0 Å². The van der Waals surface area contributed by atoms with E-state index >= 15 is 0 Å². The van der Waals surface area contributed by atoms with E-state index in [1.54, 1.807) is 83.2 Å². The summed E-state index contributed by atoms with van der Waals surface area (Å²) in [6.45, 7) is 2.59. The molecule has 3 fully saturated rings. The van der Waals surface area contributed by atoms with Crippen molar-refractivity contribution < 1.29 is 0 Å². The normalized spacial score (nSPS) is 28.5. The van der Waals surface area contributed by atoms with Gasteiger partial charge in [0.1, 0.15) is 0 Å². The minimum absolute atomic E-state index is 0.620. The molecule has 18 heavy (non-hydrogen) atoms. The summed E-state index contributed by atoms with van der Waals surface area (Å²) in [5.41, 5.74) is 3.65. The third-order valence-electron chi connectivity index (χ3n) is 6.56. The quantitative estimate of drug-likeness (QED) is 0.560. The van der Waals surface area contributed by atoms with Gasteiger partial charge in [-0.05, 0) is 84.0 Å². The summed E-state index contributed by atoms with van der Waals surface area (Å²) in [5.74, 6) is 0. The Kier molecular flexibility index (Phi) is 4.34. The van der Waals surface area contributed by atoms with Gasteiger partial charge in [0.25, 0.3) is 0 Å². The van der Waals surface area contributed by atoms with Gasteiger partial charge in [0.15, 0.2) is 0 Å². The van der Waals surface area contributed by atoms with Gasteiger partial charge in [-0.1, -0.05) is 0 Å². The van der Waals surface area contributed by atoms with Crippen LogP contribution in [0.4, 0.5) is 0 Å². The zero-order valence-electron chi connectivity index (χ0n) is 12.4. The molecule has 3 rings (SSSR count). The maximum absolute atomic E-state index is 2.59. The smallest absolute Gasteiger partial charge is 0.0494 e. The molecule has 0 amide bonds. The maximum atomic E-state index is 2.59. The van der Waals surface area contributed by atoms with Crippen LogP contribution in [0.5, 0.6) is 0 Å². The molecule has 0 aromatic rings. The molecule has 104 valence electrons. The summed E-state index contributed by atoms with van der Waals surface area (Å²) in [5, 5.41) is 0. The van der Waals surface area contributed by atoms with Gasteiger partial charge in [0.2, 0.25) is 0 Å². The van der Waals surface area contributed by atoms with Crippen LogP contribution in [0.15, 0.2) is 0 Å². The average molecular weight is 267 g/mol. The Bertz CT molecular complexity index is 214. The molecule has 3 aliphatic carbocycles. The topological polar surface area (TPSA) is 0 Å². The van der Waals surface area contributed by atoms with Gasteiger partial charge in [-0.2, -0.15) is 0 Å². The first-order chi connectivity index (χ1) is 8.88. The van der Waals surface area contributed by atoms with Crippen molar-refractivity contribution in [2.75, 3.05) is 6.16 Å². The highest BCUT2D eigenvalue weighted by atomic mass is 31.2. The summed E-state index contributed by atoms with van der Waals surface area (Å²) in [7, 11) is -0.620. The predicted octanol–water partition coefficient (Wildman–Crippen LogP) is 5.85. The fraction of sp³-hybridized carbons (Fsp3) is 1.00. The van der Waals surface area contributed by atoms with E-state index in [0.29, 0.717) is 0 Å². The molecule has 0 N–H and O–H groups in total. The van der Waals surface area contributed by atoms with Gasteiger partial charge in [-0.15, -0.1) is 0 Å². The van der Waals surface area contributed by atoms with Crippen molar-refractivity contribution in [2.24, 2.45) is 0 Å². The Labute approximate surface area is 115 Å². The Hall–Kier alpha value is 0.430. The SMILES string of the molecule is CC[P+](C1CCCC1)(C1CCCC1)C1CCCC1. The van der Waals surface area contributed by atoms with Crippen LogP contribution in [0.2, 0.25) is 0 Å².